The van der Waals surface area contributed by atoms with E-state index in [9.17, 15) is 0 Å². The van der Waals surface area contributed by atoms with E-state index in [2.05, 4.69) is 57.8 Å². The molecule has 182 valence electrons. The normalized spacial score (nSPS) is 11.5. The summed E-state index contributed by atoms with van der Waals surface area (Å²) < 4.78 is 20.7. The third-order valence-corrected chi connectivity index (χ3v) is 7.36. The zero-order valence-corrected chi connectivity index (χ0v) is 23.4. The maximum absolute atomic E-state index is 6.39. The monoisotopic (exact) mass is 580 g/mol. The predicted molar refractivity (Wildman–Crippen MR) is 147 cm³/mol. The lowest BCUT2D eigenvalue weighted by atomic mass is 10.1. The highest BCUT2D eigenvalue weighted by atomic mass is 79.9. The summed E-state index contributed by atoms with van der Waals surface area (Å²) in [5.41, 5.74) is 1.57. The molecule has 0 saturated carbocycles. The number of halogens is 2. The van der Waals surface area contributed by atoms with Crippen molar-refractivity contribution in [1.82, 2.24) is 0 Å². The molecule has 1 heterocycles. The first kappa shape index (κ1) is 26.4. The Morgan fingerprint density at radius 1 is 0.576 bits per heavy atom. The quantitative estimate of drug-likeness (QED) is 0.158. The van der Waals surface area contributed by atoms with E-state index in [1.807, 2.05) is 12.1 Å². The Kier molecular flexibility index (Phi) is 11.4. The van der Waals surface area contributed by atoms with Crippen molar-refractivity contribution in [2.45, 2.75) is 90.9 Å². The van der Waals surface area contributed by atoms with Gasteiger partial charge in [0, 0.05) is 10.8 Å². The second kappa shape index (κ2) is 14.3. The number of rotatable bonds is 16. The SMILES string of the molecule is CCCCCCCCOc1c(Br)ccc2c1oc1c(OCCCCCCCC)c(Br)ccc12. The minimum absolute atomic E-state index is 0.700. The van der Waals surface area contributed by atoms with Gasteiger partial charge in [-0.25, -0.2) is 0 Å². The number of unbranched alkanes of at least 4 members (excludes halogenated alkanes) is 10. The molecule has 0 saturated heterocycles. The van der Waals surface area contributed by atoms with E-state index in [1.165, 1.54) is 64.2 Å². The van der Waals surface area contributed by atoms with Gasteiger partial charge >= 0.3 is 0 Å². The molecule has 0 aliphatic heterocycles. The van der Waals surface area contributed by atoms with Crippen molar-refractivity contribution in [1.29, 1.82) is 0 Å². The first-order valence-electron chi connectivity index (χ1n) is 12.8. The predicted octanol–water partition coefficient (Wildman–Crippen LogP) is 10.6. The summed E-state index contributed by atoms with van der Waals surface area (Å²) in [4.78, 5) is 0. The van der Waals surface area contributed by atoms with Gasteiger partial charge in [0.2, 0.25) is 0 Å². The highest BCUT2D eigenvalue weighted by molar-refractivity contribution is 9.11. The van der Waals surface area contributed by atoms with Gasteiger partial charge in [-0.15, -0.1) is 0 Å². The Hall–Kier alpha value is -1.20. The van der Waals surface area contributed by atoms with E-state index in [0.29, 0.717) is 13.2 Å². The molecule has 0 unspecified atom stereocenters. The van der Waals surface area contributed by atoms with Gasteiger partial charge in [0.15, 0.2) is 22.7 Å². The van der Waals surface area contributed by atoms with Gasteiger partial charge in [-0.2, -0.15) is 0 Å². The topological polar surface area (TPSA) is 31.6 Å². The summed E-state index contributed by atoms with van der Waals surface area (Å²) >= 11 is 7.33. The zero-order chi connectivity index (χ0) is 23.5. The highest BCUT2D eigenvalue weighted by Gasteiger charge is 2.19. The smallest absolute Gasteiger partial charge is 0.178 e. The van der Waals surface area contributed by atoms with Crippen LogP contribution in [0.2, 0.25) is 0 Å². The number of fused-ring (bicyclic) bond motifs is 3. The van der Waals surface area contributed by atoms with E-state index in [1.54, 1.807) is 0 Å². The average Bonchev–Trinajstić information content (AvgIpc) is 3.19. The van der Waals surface area contributed by atoms with Crippen LogP contribution in [-0.2, 0) is 0 Å². The van der Waals surface area contributed by atoms with E-state index in [4.69, 9.17) is 13.9 Å². The largest absolute Gasteiger partial charge is 0.488 e. The van der Waals surface area contributed by atoms with Crippen LogP contribution in [0.4, 0.5) is 0 Å². The summed E-state index contributed by atoms with van der Waals surface area (Å²) in [6.45, 7) is 5.90. The van der Waals surface area contributed by atoms with Crippen molar-refractivity contribution in [3.63, 3.8) is 0 Å². The molecule has 0 spiro atoms. The van der Waals surface area contributed by atoms with Crippen LogP contribution < -0.4 is 9.47 Å². The van der Waals surface area contributed by atoms with Crippen molar-refractivity contribution in [3.8, 4) is 11.5 Å². The van der Waals surface area contributed by atoms with Gasteiger partial charge in [-0.05, 0) is 69.0 Å². The standard InChI is InChI=1S/C28H38Br2O3/c1-3-5-7-9-11-13-19-31-27-23(29)17-15-21-22-16-18-24(30)28(26(22)33-25(21)27)32-20-14-12-10-8-6-4-2/h15-18H,3-14,19-20H2,1-2H3. The number of hydrogen-bond acceptors (Lipinski definition) is 3. The summed E-state index contributed by atoms with van der Waals surface area (Å²) in [7, 11) is 0. The Bertz CT molecular complexity index is 918. The maximum Gasteiger partial charge on any atom is 0.178 e. The fraction of sp³-hybridized carbons (Fsp3) is 0.571. The van der Waals surface area contributed by atoms with Crippen LogP contribution in [0, 0.1) is 0 Å². The molecule has 0 aliphatic carbocycles. The number of hydrogen-bond donors (Lipinski definition) is 0. The van der Waals surface area contributed by atoms with Gasteiger partial charge < -0.3 is 13.9 Å². The molecule has 5 heteroatoms. The molecule has 33 heavy (non-hydrogen) atoms. The molecule has 1 aromatic heterocycles. The second-order valence-electron chi connectivity index (χ2n) is 8.84. The van der Waals surface area contributed by atoms with Gasteiger partial charge in [0.05, 0.1) is 22.2 Å². The molecule has 0 N–H and O–H groups in total. The molecule has 2 aromatic carbocycles. The van der Waals surface area contributed by atoms with Gasteiger partial charge in [-0.1, -0.05) is 78.1 Å². The molecule has 3 nitrogen and oxygen atoms in total. The number of ether oxygens (including phenoxy) is 2. The summed E-state index contributed by atoms with van der Waals surface area (Å²) in [5.74, 6) is 1.57. The molecule has 0 amide bonds. The second-order valence-corrected chi connectivity index (χ2v) is 10.5. The van der Waals surface area contributed by atoms with Crippen molar-refractivity contribution in [2.24, 2.45) is 0 Å². The van der Waals surface area contributed by atoms with Crippen LogP contribution >= 0.6 is 31.9 Å². The molecule has 0 radical (unpaired) electrons. The fourth-order valence-corrected chi connectivity index (χ4v) is 5.04. The summed E-state index contributed by atoms with van der Waals surface area (Å²) in [6.07, 6.45) is 14.9. The Balaban J connectivity index is 1.70. The third-order valence-electron chi connectivity index (χ3n) is 6.11. The van der Waals surface area contributed by atoms with Crippen LogP contribution in [0.1, 0.15) is 90.9 Å². The zero-order valence-electron chi connectivity index (χ0n) is 20.2. The van der Waals surface area contributed by atoms with Crippen molar-refractivity contribution < 1.29 is 13.9 Å². The summed E-state index contributed by atoms with van der Waals surface area (Å²) in [6, 6.07) is 8.28. The Labute approximate surface area is 215 Å². The van der Waals surface area contributed by atoms with E-state index < -0.39 is 0 Å². The number of furan rings is 1. The van der Waals surface area contributed by atoms with E-state index >= 15 is 0 Å². The Morgan fingerprint density at radius 2 is 0.970 bits per heavy atom. The molecule has 3 aromatic rings. The molecule has 0 atom stereocenters. The van der Waals surface area contributed by atoms with E-state index in [0.717, 1.165) is 55.2 Å². The minimum atomic E-state index is 0.700. The fourth-order valence-electron chi connectivity index (χ4n) is 4.19. The molecule has 0 bridgehead atoms. The van der Waals surface area contributed by atoms with Gasteiger partial charge in [0.1, 0.15) is 0 Å². The highest BCUT2D eigenvalue weighted by Crippen LogP contribution is 2.44. The average molecular weight is 582 g/mol. The van der Waals surface area contributed by atoms with Crippen LogP contribution in [0.25, 0.3) is 21.9 Å². The lowest BCUT2D eigenvalue weighted by Gasteiger charge is -2.09. The first-order chi connectivity index (χ1) is 16.2. The van der Waals surface area contributed by atoms with Crippen LogP contribution in [0.5, 0.6) is 11.5 Å². The lowest BCUT2D eigenvalue weighted by Crippen LogP contribution is -1.98. The molecular weight excluding hydrogens is 544 g/mol. The van der Waals surface area contributed by atoms with Crippen molar-refractivity contribution in [3.05, 3.63) is 33.2 Å². The van der Waals surface area contributed by atoms with Crippen LogP contribution in [0.3, 0.4) is 0 Å². The van der Waals surface area contributed by atoms with Crippen molar-refractivity contribution in [2.75, 3.05) is 13.2 Å². The first-order valence-corrected chi connectivity index (χ1v) is 14.3. The van der Waals surface area contributed by atoms with Crippen molar-refractivity contribution >= 4 is 53.8 Å². The molecular formula is C28H38Br2O3. The minimum Gasteiger partial charge on any atom is -0.488 e. The lowest BCUT2D eigenvalue weighted by molar-refractivity contribution is 0.298. The van der Waals surface area contributed by atoms with E-state index in [-0.39, 0.29) is 0 Å². The van der Waals surface area contributed by atoms with Crippen LogP contribution in [-0.4, -0.2) is 13.2 Å². The van der Waals surface area contributed by atoms with Gasteiger partial charge in [0.25, 0.3) is 0 Å². The maximum atomic E-state index is 6.39. The molecule has 0 fully saturated rings. The molecule has 3 rings (SSSR count). The molecule has 0 aliphatic rings. The number of benzene rings is 2. The van der Waals surface area contributed by atoms with Crippen LogP contribution in [0.15, 0.2) is 37.6 Å². The third kappa shape index (κ3) is 7.39. The Morgan fingerprint density at radius 3 is 1.39 bits per heavy atom. The summed E-state index contributed by atoms with van der Waals surface area (Å²) in [5, 5.41) is 2.12. The van der Waals surface area contributed by atoms with Gasteiger partial charge in [-0.3, -0.25) is 0 Å².